The van der Waals surface area contributed by atoms with Gasteiger partial charge in [0.25, 0.3) is 0 Å². The number of rotatable bonds is 4. The summed E-state index contributed by atoms with van der Waals surface area (Å²) in [5, 5.41) is 9.53. The number of carboxylic acids is 1. The average Bonchev–Trinajstić information content (AvgIpc) is 2.38. The summed E-state index contributed by atoms with van der Waals surface area (Å²) in [6.45, 7) is 2.12. The Kier molecular flexibility index (Phi) is 4.70. The van der Waals surface area contributed by atoms with Crippen LogP contribution >= 0.6 is 11.8 Å². The number of carboxylic acid groups (broad SMARTS) is 1. The SMILES string of the molecule is Cc1ccccc1CSC1CCCCC1C(=O)O. The number of aryl methyl sites for hydroxylation is 1. The highest BCUT2D eigenvalue weighted by atomic mass is 32.2. The van der Waals surface area contributed by atoms with Crippen molar-refractivity contribution in [3.63, 3.8) is 0 Å². The van der Waals surface area contributed by atoms with Crippen molar-refractivity contribution >= 4 is 17.7 Å². The molecule has 0 aliphatic heterocycles. The maximum atomic E-state index is 11.2. The van der Waals surface area contributed by atoms with Gasteiger partial charge in [0.2, 0.25) is 0 Å². The van der Waals surface area contributed by atoms with Crippen LogP contribution in [0.4, 0.5) is 0 Å². The van der Waals surface area contributed by atoms with Crippen molar-refractivity contribution in [2.45, 2.75) is 43.6 Å². The Balaban J connectivity index is 1.96. The van der Waals surface area contributed by atoms with Gasteiger partial charge in [-0.05, 0) is 30.9 Å². The summed E-state index contributed by atoms with van der Waals surface area (Å²) in [6, 6.07) is 8.36. The summed E-state index contributed by atoms with van der Waals surface area (Å²) in [5.74, 6) is 0.172. The molecule has 98 valence electrons. The topological polar surface area (TPSA) is 37.3 Å². The molecule has 1 aliphatic carbocycles. The smallest absolute Gasteiger partial charge is 0.307 e. The molecule has 0 spiro atoms. The van der Waals surface area contributed by atoms with E-state index in [1.807, 2.05) is 17.8 Å². The highest BCUT2D eigenvalue weighted by Gasteiger charge is 2.30. The standard InChI is InChI=1S/C15H20O2S/c1-11-6-2-3-7-12(11)10-18-14-9-5-4-8-13(14)15(16)17/h2-3,6-7,13-14H,4-5,8-10H2,1H3,(H,16,17). The van der Waals surface area contributed by atoms with Crippen LogP contribution in [0.25, 0.3) is 0 Å². The van der Waals surface area contributed by atoms with E-state index in [9.17, 15) is 9.90 Å². The molecular weight excluding hydrogens is 244 g/mol. The van der Waals surface area contributed by atoms with Gasteiger partial charge in [0.05, 0.1) is 5.92 Å². The van der Waals surface area contributed by atoms with Crippen LogP contribution < -0.4 is 0 Å². The van der Waals surface area contributed by atoms with Crippen molar-refractivity contribution in [1.82, 2.24) is 0 Å². The highest BCUT2D eigenvalue weighted by molar-refractivity contribution is 7.99. The van der Waals surface area contributed by atoms with Crippen LogP contribution in [-0.2, 0) is 10.5 Å². The average molecular weight is 264 g/mol. The molecular formula is C15H20O2S. The van der Waals surface area contributed by atoms with Gasteiger partial charge in [0, 0.05) is 11.0 Å². The summed E-state index contributed by atoms with van der Waals surface area (Å²) < 4.78 is 0. The van der Waals surface area contributed by atoms with Crippen molar-refractivity contribution in [2.24, 2.45) is 5.92 Å². The molecule has 18 heavy (non-hydrogen) atoms. The quantitative estimate of drug-likeness (QED) is 0.897. The fourth-order valence-corrected chi connectivity index (χ4v) is 4.08. The first-order valence-corrected chi connectivity index (χ1v) is 7.62. The molecule has 0 saturated heterocycles. The Labute approximate surface area is 113 Å². The van der Waals surface area contributed by atoms with E-state index in [-0.39, 0.29) is 11.2 Å². The van der Waals surface area contributed by atoms with Crippen LogP contribution in [0, 0.1) is 12.8 Å². The molecule has 2 unspecified atom stereocenters. The summed E-state index contributed by atoms with van der Waals surface area (Å²) in [7, 11) is 0. The second kappa shape index (κ2) is 6.28. The Bertz CT molecular complexity index is 417. The highest BCUT2D eigenvalue weighted by Crippen LogP contribution is 2.35. The Hall–Kier alpha value is -0.960. The fraction of sp³-hybridized carbons (Fsp3) is 0.533. The van der Waals surface area contributed by atoms with Crippen molar-refractivity contribution < 1.29 is 9.90 Å². The number of aliphatic carboxylic acids is 1. The molecule has 1 N–H and O–H groups in total. The first-order chi connectivity index (χ1) is 8.68. The van der Waals surface area contributed by atoms with E-state index in [0.29, 0.717) is 0 Å². The van der Waals surface area contributed by atoms with Crippen LogP contribution in [0.1, 0.15) is 36.8 Å². The number of hydrogen-bond acceptors (Lipinski definition) is 2. The van der Waals surface area contributed by atoms with E-state index in [1.165, 1.54) is 17.5 Å². The lowest BCUT2D eigenvalue weighted by Crippen LogP contribution is -2.29. The lowest BCUT2D eigenvalue weighted by Gasteiger charge is -2.28. The predicted molar refractivity (Wildman–Crippen MR) is 75.9 cm³/mol. The van der Waals surface area contributed by atoms with Gasteiger partial charge in [0.15, 0.2) is 0 Å². The second-order valence-corrected chi connectivity index (χ2v) is 6.23. The van der Waals surface area contributed by atoms with Gasteiger partial charge in [-0.15, -0.1) is 0 Å². The van der Waals surface area contributed by atoms with E-state index in [4.69, 9.17) is 0 Å². The zero-order valence-corrected chi connectivity index (χ0v) is 11.6. The molecule has 3 heteroatoms. The van der Waals surface area contributed by atoms with Crippen LogP contribution in [0.3, 0.4) is 0 Å². The Morgan fingerprint density at radius 3 is 2.78 bits per heavy atom. The molecule has 1 aromatic carbocycles. The van der Waals surface area contributed by atoms with Crippen LogP contribution in [0.2, 0.25) is 0 Å². The molecule has 1 aromatic rings. The van der Waals surface area contributed by atoms with E-state index < -0.39 is 5.97 Å². The largest absolute Gasteiger partial charge is 0.481 e. The van der Waals surface area contributed by atoms with Crippen LogP contribution in [-0.4, -0.2) is 16.3 Å². The molecule has 1 fully saturated rings. The van der Waals surface area contributed by atoms with Crippen molar-refractivity contribution in [3.05, 3.63) is 35.4 Å². The third-order valence-electron chi connectivity index (χ3n) is 3.73. The van der Waals surface area contributed by atoms with E-state index >= 15 is 0 Å². The molecule has 0 heterocycles. The molecule has 2 atom stereocenters. The monoisotopic (exact) mass is 264 g/mol. The molecule has 1 aliphatic rings. The van der Waals surface area contributed by atoms with Crippen molar-refractivity contribution in [2.75, 3.05) is 0 Å². The van der Waals surface area contributed by atoms with E-state index in [2.05, 4.69) is 25.1 Å². The lowest BCUT2D eigenvalue weighted by atomic mass is 9.89. The van der Waals surface area contributed by atoms with Crippen LogP contribution in [0.5, 0.6) is 0 Å². The normalized spacial score (nSPS) is 23.8. The van der Waals surface area contributed by atoms with Gasteiger partial charge in [-0.25, -0.2) is 0 Å². The third kappa shape index (κ3) is 3.29. The number of carbonyl (C=O) groups is 1. The molecule has 2 rings (SSSR count). The van der Waals surface area contributed by atoms with E-state index in [0.717, 1.165) is 25.0 Å². The third-order valence-corrected chi connectivity index (χ3v) is 5.20. The Morgan fingerprint density at radius 2 is 2.06 bits per heavy atom. The number of thioether (sulfide) groups is 1. The van der Waals surface area contributed by atoms with Gasteiger partial charge < -0.3 is 5.11 Å². The zero-order chi connectivity index (χ0) is 13.0. The molecule has 0 bridgehead atoms. The van der Waals surface area contributed by atoms with Gasteiger partial charge in [-0.3, -0.25) is 4.79 Å². The summed E-state index contributed by atoms with van der Waals surface area (Å²) in [6.07, 6.45) is 4.14. The molecule has 1 saturated carbocycles. The first kappa shape index (κ1) is 13.5. The fourth-order valence-electron chi connectivity index (χ4n) is 2.55. The molecule has 0 radical (unpaired) electrons. The van der Waals surface area contributed by atoms with Gasteiger partial charge in [-0.1, -0.05) is 37.1 Å². The van der Waals surface area contributed by atoms with Crippen molar-refractivity contribution in [3.8, 4) is 0 Å². The zero-order valence-electron chi connectivity index (χ0n) is 10.8. The number of benzene rings is 1. The van der Waals surface area contributed by atoms with Gasteiger partial charge in [-0.2, -0.15) is 11.8 Å². The van der Waals surface area contributed by atoms with Crippen molar-refractivity contribution in [1.29, 1.82) is 0 Å². The first-order valence-electron chi connectivity index (χ1n) is 6.57. The van der Waals surface area contributed by atoms with E-state index in [1.54, 1.807) is 0 Å². The molecule has 0 amide bonds. The maximum absolute atomic E-state index is 11.2. The molecule has 2 nitrogen and oxygen atoms in total. The number of hydrogen-bond donors (Lipinski definition) is 1. The maximum Gasteiger partial charge on any atom is 0.307 e. The summed E-state index contributed by atoms with van der Waals surface area (Å²) >= 11 is 1.82. The lowest BCUT2D eigenvalue weighted by molar-refractivity contribution is -0.142. The molecule has 0 aromatic heterocycles. The Morgan fingerprint density at radius 1 is 1.33 bits per heavy atom. The second-order valence-electron chi connectivity index (χ2n) is 5.01. The van der Waals surface area contributed by atoms with Gasteiger partial charge >= 0.3 is 5.97 Å². The summed E-state index contributed by atoms with van der Waals surface area (Å²) in [5.41, 5.74) is 2.63. The minimum atomic E-state index is -0.614. The van der Waals surface area contributed by atoms with Crippen LogP contribution in [0.15, 0.2) is 24.3 Å². The minimum absolute atomic E-state index is 0.146. The predicted octanol–water partition coefficient (Wildman–Crippen LogP) is 3.87. The van der Waals surface area contributed by atoms with Gasteiger partial charge in [0.1, 0.15) is 0 Å². The minimum Gasteiger partial charge on any atom is -0.481 e. The summed E-state index contributed by atoms with van der Waals surface area (Å²) in [4.78, 5) is 11.2.